The molecule has 3 nitrogen and oxygen atoms in total. The van der Waals surface area contributed by atoms with E-state index in [1.807, 2.05) is 0 Å². The summed E-state index contributed by atoms with van der Waals surface area (Å²) in [6.45, 7) is 1.66. The Morgan fingerprint density at radius 3 is 2.67 bits per heavy atom. The Bertz CT molecular complexity index is 352. The minimum atomic E-state index is -4.42. The van der Waals surface area contributed by atoms with E-state index in [2.05, 4.69) is 4.98 Å². The summed E-state index contributed by atoms with van der Waals surface area (Å²) in [5.74, 6) is -0.0719. The van der Waals surface area contributed by atoms with Crippen LogP contribution in [0.3, 0.4) is 0 Å². The number of hydrogen-bond acceptors (Lipinski definition) is 3. The zero-order valence-corrected chi connectivity index (χ0v) is 8.04. The standard InChI is InChI=1S/C9H11F3N2O/c1-5-2-6(8(13)14-4-5)7(15)3-9(10,11)12/h2,4,7,15H,3H2,1H3,(H2,13,14). The number of nitrogen functional groups attached to an aromatic ring is 1. The first-order chi connectivity index (χ1) is 6.79. The Morgan fingerprint density at radius 2 is 2.13 bits per heavy atom. The van der Waals surface area contributed by atoms with Gasteiger partial charge in [0.1, 0.15) is 5.82 Å². The number of alkyl halides is 3. The highest BCUT2D eigenvalue weighted by Crippen LogP contribution is 2.31. The molecule has 0 saturated heterocycles. The average Bonchev–Trinajstić information content (AvgIpc) is 2.06. The number of hydrogen-bond donors (Lipinski definition) is 2. The molecule has 0 saturated carbocycles. The monoisotopic (exact) mass is 220 g/mol. The molecule has 0 bridgehead atoms. The molecule has 0 fully saturated rings. The van der Waals surface area contributed by atoms with Gasteiger partial charge in [-0.25, -0.2) is 4.98 Å². The van der Waals surface area contributed by atoms with Crippen LogP contribution in [0.15, 0.2) is 12.3 Å². The number of pyridine rings is 1. The molecule has 0 aromatic carbocycles. The Labute approximate surface area is 84.7 Å². The molecule has 6 heteroatoms. The lowest BCUT2D eigenvalue weighted by Gasteiger charge is -2.15. The number of nitrogens with zero attached hydrogens (tertiary/aromatic N) is 1. The Balaban J connectivity index is 2.90. The highest BCUT2D eigenvalue weighted by molar-refractivity contribution is 5.42. The van der Waals surface area contributed by atoms with E-state index in [1.54, 1.807) is 6.92 Å². The fourth-order valence-electron chi connectivity index (χ4n) is 1.20. The lowest BCUT2D eigenvalue weighted by atomic mass is 10.1. The maximum atomic E-state index is 12.0. The maximum absolute atomic E-state index is 12.0. The van der Waals surface area contributed by atoms with Gasteiger partial charge < -0.3 is 10.8 Å². The number of aliphatic hydroxyl groups excluding tert-OH is 1. The van der Waals surface area contributed by atoms with Crippen molar-refractivity contribution in [1.82, 2.24) is 4.98 Å². The normalized spacial score (nSPS) is 13.9. The van der Waals surface area contributed by atoms with Gasteiger partial charge in [0, 0.05) is 11.8 Å². The first-order valence-electron chi connectivity index (χ1n) is 4.26. The van der Waals surface area contributed by atoms with Gasteiger partial charge >= 0.3 is 6.18 Å². The molecule has 0 aliphatic rings. The number of aromatic nitrogens is 1. The molecule has 1 rings (SSSR count). The smallest absolute Gasteiger partial charge is 0.388 e. The second kappa shape index (κ2) is 4.06. The number of aliphatic hydroxyl groups is 1. The summed E-state index contributed by atoms with van der Waals surface area (Å²) in [6, 6.07) is 1.40. The molecule has 15 heavy (non-hydrogen) atoms. The van der Waals surface area contributed by atoms with Crippen molar-refractivity contribution in [2.24, 2.45) is 0 Å². The number of anilines is 1. The van der Waals surface area contributed by atoms with Crippen molar-refractivity contribution in [1.29, 1.82) is 0 Å². The van der Waals surface area contributed by atoms with Gasteiger partial charge in [-0.3, -0.25) is 0 Å². The van der Waals surface area contributed by atoms with Crippen molar-refractivity contribution in [3.05, 3.63) is 23.4 Å². The molecule has 1 atom stereocenters. The molecular formula is C9H11F3N2O. The summed E-state index contributed by atoms with van der Waals surface area (Å²) >= 11 is 0. The molecule has 1 aromatic heterocycles. The van der Waals surface area contributed by atoms with Gasteiger partial charge in [-0.15, -0.1) is 0 Å². The molecule has 0 spiro atoms. The van der Waals surface area contributed by atoms with Gasteiger partial charge in [-0.05, 0) is 18.6 Å². The van der Waals surface area contributed by atoms with Gasteiger partial charge in [0.05, 0.1) is 12.5 Å². The fourth-order valence-corrected chi connectivity index (χ4v) is 1.20. The van der Waals surface area contributed by atoms with Crippen LogP contribution in [-0.4, -0.2) is 16.3 Å². The lowest BCUT2D eigenvalue weighted by Crippen LogP contribution is -2.15. The predicted molar refractivity (Wildman–Crippen MR) is 49.0 cm³/mol. The van der Waals surface area contributed by atoms with Gasteiger partial charge in [-0.1, -0.05) is 0 Å². The molecule has 0 aliphatic carbocycles. The van der Waals surface area contributed by atoms with Crippen LogP contribution in [0.2, 0.25) is 0 Å². The van der Waals surface area contributed by atoms with Crippen LogP contribution in [0.4, 0.5) is 19.0 Å². The molecule has 0 radical (unpaired) electrons. The predicted octanol–water partition coefficient (Wildman–Crippen LogP) is 1.96. The van der Waals surface area contributed by atoms with Gasteiger partial charge in [0.25, 0.3) is 0 Å². The SMILES string of the molecule is Cc1cnc(N)c(C(O)CC(F)(F)F)c1. The summed E-state index contributed by atoms with van der Waals surface area (Å²) < 4.78 is 36.0. The Hall–Kier alpha value is -1.30. The van der Waals surface area contributed by atoms with E-state index in [-0.39, 0.29) is 11.4 Å². The van der Waals surface area contributed by atoms with Crippen LogP contribution in [-0.2, 0) is 0 Å². The van der Waals surface area contributed by atoms with Crippen LogP contribution in [0.25, 0.3) is 0 Å². The topological polar surface area (TPSA) is 59.1 Å². The van der Waals surface area contributed by atoms with Gasteiger partial charge in [0.2, 0.25) is 0 Å². The summed E-state index contributed by atoms with van der Waals surface area (Å²) in [6.07, 6.45) is -5.96. The zero-order valence-electron chi connectivity index (χ0n) is 8.04. The van der Waals surface area contributed by atoms with E-state index in [9.17, 15) is 18.3 Å². The van der Waals surface area contributed by atoms with E-state index >= 15 is 0 Å². The van der Waals surface area contributed by atoms with Crippen molar-refractivity contribution >= 4 is 5.82 Å². The molecule has 84 valence electrons. The van der Waals surface area contributed by atoms with Crippen molar-refractivity contribution in [3.8, 4) is 0 Å². The first-order valence-corrected chi connectivity index (χ1v) is 4.26. The van der Waals surface area contributed by atoms with Crippen molar-refractivity contribution < 1.29 is 18.3 Å². The number of halogens is 3. The largest absolute Gasteiger partial charge is 0.391 e. The van der Waals surface area contributed by atoms with E-state index in [4.69, 9.17) is 5.73 Å². The molecule has 0 amide bonds. The summed E-state index contributed by atoms with van der Waals surface area (Å²) in [5, 5.41) is 9.32. The second-order valence-corrected chi connectivity index (χ2v) is 3.32. The Morgan fingerprint density at radius 1 is 1.53 bits per heavy atom. The van der Waals surface area contributed by atoms with Crippen LogP contribution in [0, 0.1) is 6.92 Å². The molecular weight excluding hydrogens is 209 g/mol. The van der Waals surface area contributed by atoms with Gasteiger partial charge in [0.15, 0.2) is 0 Å². The molecule has 1 heterocycles. The second-order valence-electron chi connectivity index (χ2n) is 3.32. The van der Waals surface area contributed by atoms with Gasteiger partial charge in [-0.2, -0.15) is 13.2 Å². The third kappa shape index (κ3) is 3.39. The molecule has 1 unspecified atom stereocenters. The number of aryl methyl sites for hydroxylation is 1. The van der Waals surface area contributed by atoms with E-state index < -0.39 is 18.7 Å². The maximum Gasteiger partial charge on any atom is 0.391 e. The highest BCUT2D eigenvalue weighted by atomic mass is 19.4. The van der Waals surface area contributed by atoms with Crippen LogP contribution >= 0.6 is 0 Å². The summed E-state index contributed by atoms with van der Waals surface area (Å²) in [7, 11) is 0. The quantitative estimate of drug-likeness (QED) is 0.800. The lowest BCUT2D eigenvalue weighted by molar-refractivity contribution is -0.154. The number of rotatable bonds is 2. The molecule has 3 N–H and O–H groups in total. The van der Waals surface area contributed by atoms with Crippen molar-refractivity contribution in [3.63, 3.8) is 0 Å². The minimum absolute atomic E-state index is 0.0207. The summed E-state index contributed by atoms with van der Waals surface area (Å²) in [4.78, 5) is 3.68. The van der Waals surface area contributed by atoms with E-state index in [0.29, 0.717) is 5.56 Å². The number of nitrogens with two attached hydrogens (primary N) is 1. The molecule has 1 aromatic rings. The average molecular weight is 220 g/mol. The van der Waals surface area contributed by atoms with Crippen molar-refractivity contribution in [2.45, 2.75) is 25.6 Å². The summed E-state index contributed by atoms with van der Waals surface area (Å²) in [5.41, 5.74) is 6.04. The highest BCUT2D eigenvalue weighted by Gasteiger charge is 2.32. The van der Waals surface area contributed by atoms with E-state index in [0.717, 1.165) is 0 Å². The van der Waals surface area contributed by atoms with Crippen LogP contribution in [0.5, 0.6) is 0 Å². The molecule has 0 aliphatic heterocycles. The third-order valence-corrected chi connectivity index (χ3v) is 1.87. The van der Waals surface area contributed by atoms with Crippen LogP contribution in [0.1, 0.15) is 23.7 Å². The Kier molecular flexibility index (Phi) is 3.18. The third-order valence-electron chi connectivity index (χ3n) is 1.87. The zero-order chi connectivity index (χ0) is 11.6. The van der Waals surface area contributed by atoms with Crippen molar-refractivity contribution in [2.75, 3.05) is 5.73 Å². The fraction of sp³-hybridized carbons (Fsp3) is 0.444. The van der Waals surface area contributed by atoms with Crippen LogP contribution < -0.4 is 5.73 Å². The first kappa shape index (κ1) is 11.8. The minimum Gasteiger partial charge on any atom is -0.388 e. The van der Waals surface area contributed by atoms with E-state index in [1.165, 1.54) is 12.3 Å².